The summed E-state index contributed by atoms with van der Waals surface area (Å²) >= 11 is 0. The van der Waals surface area contributed by atoms with Gasteiger partial charge in [0.2, 0.25) is 0 Å². The number of phenolic OH excluding ortho intramolecular Hbond substituents is 1. The highest BCUT2D eigenvalue weighted by atomic mass is 31.1. The molecule has 1 atom stereocenters. The van der Waals surface area contributed by atoms with Crippen LogP contribution in [0.5, 0.6) is 11.5 Å². The average molecular weight is 369 g/mol. The molecule has 2 aliphatic rings. The van der Waals surface area contributed by atoms with E-state index in [-0.39, 0.29) is 8.96 Å². The quantitative estimate of drug-likeness (QED) is 0.746. The third-order valence-corrected chi connectivity index (χ3v) is 6.27. The van der Waals surface area contributed by atoms with Crippen LogP contribution >= 0.6 is 8.96 Å². The number of fused-ring (bicyclic) bond motifs is 2. The molecule has 138 valence electrons. The van der Waals surface area contributed by atoms with Gasteiger partial charge < -0.3 is 9.63 Å². The van der Waals surface area contributed by atoms with Crippen LogP contribution < -0.4 is 4.52 Å². The first-order valence-electron chi connectivity index (χ1n) is 9.74. The van der Waals surface area contributed by atoms with Crippen molar-refractivity contribution in [1.82, 2.24) is 4.67 Å². The van der Waals surface area contributed by atoms with Crippen molar-refractivity contribution >= 4 is 8.96 Å². The van der Waals surface area contributed by atoms with Gasteiger partial charge >= 0.3 is 0 Å². The van der Waals surface area contributed by atoms with Gasteiger partial charge in [0.25, 0.3) is 0 Å². The molecule has 0 heterocycles. The molecule has 2 aromatic carbocycles. The first kappa shape index (κ1) is 17.8. The lowest BCUT2D eigenvalue weighted by Gasteiger charge is -2.27. The van der Waals surface area contributed by atoms with Crippen LogP contribution in [-0.4, -0.2) is 23.9 Å². The second-order valence-corrected chi connectivity index (χ2v) is 8.96. The van der Waals surface area contributed by atoms with Gasteiger partial charge in [-0.25, -0.2) is 0 Å². The van der Waals surface area contributed by atoms with Crippen molar-refractivity contribution in [3.8, 4) is 22.6 Å². The average Bonchev–Trinajstić information content (AvgIpc) is 2.66. The fourth-order valence-corrected chi connectivity index (χ4v) is 4.85. The number of rotatable bonds is 4. The Morgan fingerprint density at radius 2 is 1.38 bits per heavy atom. The Balaban J connectivity index is 1.92. The molecular weight excluding hydrogens is 341 g/mol. The lowest BCUT2D eigenvalue weighted by atomic mass is 9.80. The van der Waals surface area contributed by atoms with Gasteiger partial charge in [-0.1, -0.05) is 12.1 Å². The summed E-state index contributed by atoms with van der Waals surface area (Å²) in [5, 5.41) is 10.9. The van der Waals surface area contributed by atoms with E-state index in [1.807, 2.05) is 20.2 Å². The molecule has 26 heavy (non-hydrogen) atoms. The van der Waals surface area contributed by atoms with E-state index in [4.69, 9.17) is 4.52 Å². The van der Waals surface area contributed by atoms with Gasteiger partial charge in [0.15, 0.2) is 0 Å². The maximum absolute atomic E-state index is 10.9. The van der Waals surface area contributed by atoms with E-state index >= 15 is 0 Å². The Hall–Kier alpha value is -1.57. The minimum absolute atomic E-state index is 0.278. The van der Waals surface area contributed by atoms with Gasteiger partial charge in [-0.2, -0.15) is 0 Å². The highest BCUT2D eigenvalue weighted by molar-refractivity contribution is 7.29. The molecule has 0 radical (unpaired) electrons. The molecule has 1 N–H and O–H groups in total. The summed E-state index contributed by atoms with van der Waals surface area (Å²) in [6.45, 7) is 0. The van der Waals surface area contributed by atoms with Gasteiger partial charge in [-0.3, -0.25) is 4.67 Å². The summed E-state index contributed by atoms with van der Waals surface area (Å²) in [5.41, 5.74) is 7.77. The minimum Gasteiger partial charge on any atom is -0.507 e. The van der Waals surface area contributed by atoms with Crippen molar-refractivity contribution in [3.05, 3.63) is 46.5 Å². The Labute approximate surface area is 158 Å². The fourth-order valence-electron chi connectivity index (χ4n) is 4.40. The molecule has 0 fully saturated rings. The number of hydrogen-bond acceptors (Lipinski definition) is 3. The van der Waals surface area contributed by atoms with E-state index in [1.54, 1.807) is 0 Å². The summed E-state index contributed by atoms with van der Waals surface area (Å²) in [4.78, 5) is 0. The Morgan fingerprint density at radius 1 is 0.808 bits per heavy atom. The number of nitrogens with zero attached hydrogens (tertiary/aromatic N) is 1. The molecule has 4 rings (SSSR count). The molecule has 0 saturated heterocycles. The highest BCUT2D eigenvalue weighted by Gasteiger charge is 2.25. The largest absolute Gasteiger partial charge is 0.507 e. The van der Waals surface area contributed by atoms with Crippen LogP contribution in [0.2, 0.25) is 0 Å². The molecular formula is C22H28NO2P. The zero-order valence-electron chi connectivity index (χ0n) is 15.8. The van der Waals surface area contributed by atoms with Gasteiger partial charge in [-0.05, 0) is 99.8 Å². The monoisotopic (exact) mass is 369 g/mol. The molecule has 3 nitrogen and oxygen atoms in total. The number of aryl methyl sites for hydroxylation is 2. The van der Waals surface area contributed by atoms with Crippen molar-refractivity contribution in [2.24, 2.45) is 0 Å². The van der Waals surface area contributed by atoms with Gasteiger partial charge in [0, 0.05) is 11.1 Å². The summed E-state index contributed by atoms with van der Waals surface area (Å²) < 4.78 is 8.27. The highest BCUT2D eigenvalue weighted by Crippen LogP contribution is 2.47. The van der Waals surface area contributed by atoms with Crippen molar-refractivity contribution in [2.45, 2.75) is 51.4 Å². The SMILES string of the molecule is CN(C)POc1ccc2c(c1-c1c(O)ccc3c1CCCC3)CCCC2. The second kappa shape index (κ2) is 7.58. The maximum atomic E-state index is 10.9. The number of hydrogen-bond donors (Lipinski definition) is 1. The number of benzene rings is 2. The Kier molecular flexibility index (Phi) is 5.20. The van der Waals surface area contributed by atoms with E-state index in [1.165, 1.54) is 47.9 Å². The van der Waals surface area contributed by atoms with Crippen molar-refractivity contribution in [1.29, 1.82) is 0 Å². The number of phenols is 1. The van der Waals surface area contributed by atoms with Crippen LogP contribution in [0.1, 0.15) is 47.9 Å². The van der Waals surface area contributed by atoms with E-state index in [0.717, 1.165) is 42.6 Å². The molecule has 0 saturated carbocycles. The molecule has 4 heteroatoms. The summed E-state index contributed by atoms with van der Waals surface area (Å²) in [5.74, 6) is 1.33. The van der Waals surface area contributed by atoms with Crippen LogP contribution in [0.15, 0.2) is 24.3 Å². The maximum Gasteiger partial charge on any atom is 0.148 e. The standard InChI is InChI=1S/C22H28NO2P/c1-23(2)26-25-20-14-12-16-8-4-6-10-18(16)22(20)21-17-9-5-3-7-15(17)11-13-19(21)24/h11-14,24,26H,3-10H2,1-2H3. The molecule has 0 aliphatic heterocycles. The number of aromatic hydroxyl groups is 1. The first-order valence-corrected chi connectivity index (χ1v) is 10.6. The molecule has 0 bridgehead atoms. The smallest absolute Gasteiger partial charge is 0.148 e. The van der Waals surface area contributed by atoms with Crippen LogP contribution in [-0.2, 0) is 25.7 Å². The molecule has 2 aliphatic carbocycles. The van der Waals surface area contributed by atoms with Crippen LogP contribution in [0.25, 0.3) is 11.1 Å². The minimum atomic E-state index is 0.278. The molecule has 2 aromatic rings. The molecule has 0 aromatic heterocycles. The molecule has 1 unspecified atom stereocenters. The fraction of sp³-hybridized carbons (Fsp3) is 0.455. The Morgan fingerprint density at radius 3 is 2.04 bits per heavy atom. The first-order chi connectivity index (χ1) is 12.6. The second-order valence-electron chi connectivity index (χ2n) is 7.68. The van der Waals surface area contributed by atoms with Gasteiger partial charge in [0.05, 0.1) is 0 Å². The van der Waals surface area contributed by atoms with Crippen LogP contribution in [0, 0.1) is 0 Å². The summed E-state index contributed by atoms with van der Waals surface area (Å²) in [6, 6.07) is 8.36. The molecule has 0 amide bonds. The summed E-state index contributed by atoms with van der Waals surface area (Å²) in [7, 11) is 4.33. The van der Waals surface area contributed by atoms with Crippen LogP contribution in [0.3, 0.4) is 0 Å². The predicted octanol–water partition coefficient (Wildman–Crippen LogP) is 5.27. The van der Waals surface area contributed by atoms with Crippen LogP contribution in [0.4, 0.5) is 0 Å². The third-order valence-electron chi connectivity index (χ3n) is 5.59. The van der Waals surface area contributed by atoms with E-state index in [2.05, 4.69) is 22.9 Å². The Bertz CT molecular complexity index is 816. The van der Waals surface area contributed by atoms with Crippen molar-refractivity contribution in [2.75, 3.05) is 14.1 Å². The normalized spacial score (nSPS) is 16.7. The van der Waals surface area contributed by atoms with Gasteiger partial charge in [-0.15, -0.1) is 0 Å². The predicted molar refractivity (Wildman–Crippen MR) is 109 cm³/mol. The third kappa shape index (κ3) is 3.35. The lowest BCUT2D eigenvalue weighted by Crippen LogP contribution is -2.10. The summed E-state index contributed by atoms with van der Waals surface area (Å²) in [6.07, 6.45) is 9.31. The zero-order valence-corrected chi connectivity index (χ0v) is 16.8. The van der Waals surface area contributed by atoms with E-state index in [9.17, 15) is 5.11 Å². The van der Waals surface area contributed by atoms with E-state index in [0.29, 0.717) is 5.75 Å². The van der Waals surface area contributed by atoms with Gasteiger partial charge in [0.1, 0.15) is 20.5 Å². The van der Waals surface area contributed by atoms with Crippen molar-refractivity contribution in [3.63, 3.8) is 0 Å². The van der Waals surface area contributed by atoms with E-state index < -0.39 is 0 Å². The lowest BCUT2D eigenvalue weighted by molar-refractivity contribution is 0.474. The van der Waals surface area contributed by atoms with Crippen molar-refractivity contribution < 1.29 is 9.63 Å². The zero-order chi connectivity index (χ0) is 18.1. The topological polar surface area (TPSA) is 32.7 Å². The molecule has 0 spiro atoms.